The zero-order valence-electron chi connectivity index (χ0n) is 10.6. The first kappa shape index (κ1) is 15.3. The van der Waals surface area contributed by atoms with Crippen LogP contribution >= 0.6 is 11.6 Å². The van der Waals surface area contributed by atoms with Crippen molar-refractivity contribution in [2.24, 2.45) is 0 Å². The van der Waals surface area contributed by atoms with E-state index in [2.05, 4.69) is 10.3 Å². The van der Waals surface area contributed by atoms with Gasteiger partial charge in [-0.15, -0.1) is 0 Å². The van der Waals surface area contributed by atoms with Crippen LogP contribution in [0.2, 0.25) is 5.02 Å². The SMILES string of the molecule is O=C(Cc1cccnc1)Nc1cccc(C(F)(F)F)c1Cl. The molecule has 0 atom stereocenters. The van der Waals surface area contributed by atoms with Crippen LogP contribution in [0.4, 0.5) is 18.9 Å². The minimum Gasteiger partial charge on any atom is -0.324 e. The van der Waals surface area contributed by atoms with Crippen molar-refractivity contribution in [1.82, 2.24) is 4.98 Å². The van der Waals surface area contributed by atoms with Gasteiger partial charge in [0.05, 0.1) is 22.7 Å². The number of carbonyl (C=O) groups is 1. The van der Waals surface area contributed by atoms with Gasteiger partial charge < -0.3 is 5.32 Å². The van der Waals surface area contributed by atoms with E-state index < -0.39 is 22.7 Å². The van der Waals surface area contributed by atoms with Crippen molar-refractivity contribution in [2.75, 3.05) is 5.32 Å². The fourth-order valence-electron chi connectivity index (χ4n) is 1.73. The number of hydrogen-bond donors (Lipinski definition) is 1. The summed E-state index contributed by atoms with van der Waals surface area (Å²) in [6.07, 6.45) is -1.50. The Morgan fingerprint density at radius 3 is 2.62 bits per heavy atom. The molecule has 0 bridgehead atoms. The van der Waals surface area contributed by atoms with Crippen molar-refractivity contribution in [3.05, 3.63) is 58.9 Å². The normalized spacial score (nSPS) is 11.2. The third-order valence-corrected chi connectivity index (χ3v) is 3.07. The van der Waals surface area contributed by atoms with Crippen molar-refractivity contribution < 1.29 is 18.0 Å². The first-order chi connectivity index (χ1) is 9.88. The summed E-state index contributed by atoms with van der Waals surface area (Å²) in [4.78, 5) is 15.7. The standard InChI is InChI=1S/C14H10ClF3N2O/c15-13-10(14(16,17)18)4-1-5-11(13)20-12(21)7-9-3-2-6-19-8-9/h1-6,8H,7H2,(H,20,21). The van der Waals surface area contributed by atoms with E-state index >= 15 is 0 Å². The van der Waals surface area contributed by atoms with Crippen LogP contribution in [0.5, 0.6) is 0 Å². The van der Waals surface area contributed by atoms with Gasteiger partial charge in [0, 0.05) is 12.4 Å². The van der Waals surface area contributed by atoms with Crippen molar-refractivity contribution in [3.63, 3.8) is 0 Å². The summed E-state index contributed by atoms with van der Waals surface area (Å²) < 4.78 is 38.1. The van der Waals surface area contributed by atoms with Gasteiger partial charge in [0.25, 0.3) is 0 Å². The summed E-state index contributed by atoms with van der Waals surface area (Å²) >= 11 is 5.69. The smallest absolute Gasteiger partial charge is 0.324 e. The molecule has 0 saturated carbocycles. The molecule has 0 aliphatic heterocycles. The van der Waals surface area contributed by atoms with E-state index in [1.54, 1.807) is 18.3 Å². The third-order valence-electron chi connectivity index (χ3n) is 2.67. The molecule has 2 aromatic rings. The molecular weight excluding hydrogens is 305 g/mol. The predicted octanol–water partition coefficient (Wildman–Crippen LogP) is 3.94. The summed E-state index contributed by atoms with van der Waals surface area (Å²) in [5.74, 6) is -0.468. The minimum atomic E-state index is -4.57. The molecule has 0 aliphatic carbocycles. The summed E-state index contributed by atoms with van der Waals surface area (Å²) in [7, 11) is 0. The quantitative estimate of drug-likeness (QED) is 0.932. The van der Waals surface area contributed by atoms with Crippen LogP contribution in [0.1, 0.15) is 11.1 Å². The van der Waals surface area contributed by atoms with Crippen molar-refractivity contribution in [3.8, 4) is 0 Å². The lowest BCUT2D eigenvalue weighted by molar-refractivity contribution is -0.137. The van der Waals surface area contributed by atoms with Gasteiger partial charge in [-0.05, 0) is 23.8 Å². The lowest BCUT2D eigenvalue weighted by Gasteiger charge is -2.13. The zero-order chi connectivity index (χ0) is 15.5. The molecule has 21 heavy (non-hydrogen) atoms. The maximum Gasteiger partial charge on any atom is 0.417 e. The first-order valence-corrected chi connectivity index (χ1v) is 6.30. The molecule has 2 rings (SSSR count). The van der Waals surface area contributed by atoms with Crippen LogP contribution in [0, 0.1) is 0 Å². The second-order valence-corrected chi connectivity index (χ2v) is 4.63. The average Bonchev–Trinajstić information content (AvgIpc) is 2.41. The van der Waals surface area contributed by atoms with E-state index in [0.717, 1.165) is 6.07 Å². The minimum absolute atomic E-state index is 0.000411. The number of halogens is 4. The third kappa shape index (κ3) is 3.95. The highest BCUT2D eigenvalue weighted by molar-refractivity contribution is 6.34. The molecule has 1 amide bonds. The van der Waals surface area contributed by atoms with Gasteiger partial charge in [-0.3, -0.25) is 9.78 Å². The topological polar surface area (TPSA) is 42.0 Å². The Labute approximate surface area is 123 Å². The van der Waals surface area contributed by atoms with Crippen LogP contribution < -0.4 is 5.32 Å². The monoisotopic (exact) mass is 314 g/mol. The van der Waals surface area contributed by atoms with Gasteiger partial charge in [-0.1, -0.05) is 23.7 Å². The van der Waals surface area contributed by atoms with E-state index in [4.69, 9.17) is 11.6 Å². The molecule has 7 heteroatoms. The fourth-order valence-corrected chi connectivity index (χ4v) is 2.01. The highest BCUT2D eigenvalue weighted by Gasteiger charge is 2.34. The van der Waals surface area contributed by atoms with E-state index in [1.807, 2.05) is 0 Å². The van der Waals surface area contributed by atoms with Gasteiger partial charge in [0.1, 0.15) is 0 Å². The summed E-state index contributed by atoms with van der Waals surface area (Å²) in [5, 5.41) is 1.85. The molecule has 1 aromatic carbocycles. The Morgan fingerprint density at radius 2 is 2.00 bits per heavy atom. The number of rotatable bonds is 3. The number of aromatic nitrogens is 1. The maximum atomic E-state index is 12.7. The lowest BCUT2D eigenvalue weighted by Crippen LogP contribution is -2.16. The van der Waals surface area contributed by atoms with Crippen molar-refractivity contribution >= 4 is 23.2 Å². The maximum absolute atomic E-state index is 12.7. The predicted molar refractivity (Wildman–Crippen MR) is 73.0 cm³/mol. The Bertz CT molecular complexity index is 644. The fraction of sp³-hybridized carbons (Fsp3) is 0.143. The highest BCUT2D eigenvalue weighted by Crippen LogP contribution is 2.38. The van der Waals surface area contributed by atoms with E-state index in [-0.39, 0.29) is 12.1 Å². The number of amides is 1. The number of anilines is 1. The van der Waals surface area contributed by atoms with Crippen LogP contribution in [-0.4, -0.2) is 10.9 Å². The van der Waals surface area contributed by atoms with Crippen molar-refractivity contribution in [1.29, 1.82) is 0 Å². The molecule has 3 nitrogen and oxygen atoms in total. The molecule has 110 valence electrons. The Balaban J connectivity index is 2.15. The lowest BCUT2D eigenvalue weighted by atomic mass is 10.1. The van der Waals surface area contributed by atoms with Gasteiger partial charge in [0.15, 0.2) is 0 Å². The number of nitrogens with zero attached hydrogens (tertiary/aromatic N) is 1. The molecule has 0 spiro atoms. The zero-order valence-corrected chi connectivity index (χ0v) is 11.4. The molecule has 0 saturated heterocycles. The van der Waals surface area contributed by atoms with Crippen LogP contribution in [0.3, 0.4) is 0 Å². The van der Waals surface area contributed by atoms with Gasteiger partial charge in [-0.2, -0.15) is 13.2 Å². The van der Waals surface area contributed by atoms with Crippen LogP contribution in [0.25, 0.3) is 0 Å². The van der Waals surface area contributed by atoms with Gasteiger partial charge in [0.2, 0.25) is 5.91 Å². The number of alkyl halides is 3. The largest absolute Gasteiger partial charge is 0.417 e. The highest BCUT2D eigenvalue weighted by atomic mass is 35.5. The Hall–Kier alpha value is -2.08. The summed E-state index contributed by atoms with van der Waals surface area (Å²) in [5.41, 5.74) is -0.401. The first-order valence-electron chi connectivity index (χ1n) is 5.92. The number of benzene rings is 1. The summed E-state index contributed by atoms with van der Waals surface area (Å²) in [6.45, 7) is 0. The molecule has 0 radical (unpaired) electrons. The number of pyridine rings is 1. The number of hydrogen-bond acceptors (Lipinski definition) is 2. The Morgan fingerprint density at radius 1 is 1.24 bits per heavy atom. The number of nitrogens with one attached hydrogen (secondary N) is 1. The van der Waals surface area contributed by atoms with Crippen LogP contribution in [-0.2, 0) is 17.4 Å². The second-order valence-electron chi connectivity index (χ2n) is 4.25. The summed E-state index contributed by atoms with van der Waals surface area (Å²) in [6, 6.07) is 6.73. The molecular formula is C14H10ClF3N2O. The average molecular weight is 315 g/mol. The molecule has 1 aromatic heterocycles. The van der Waals surface area contributed by atoms with Gasteiger partial charge >= 0.3 is 6.18 Å². The molecule has 1 heterocycles. The molecule has 0 unspecified atom stereocenters. The molecule has 0 fully saturated rings. The van der Waals surface area contributed by atoms with Crippen LogP contribution in [0.15, 0.2) is 42.7 Å². The second kappa shape index (κ2) is 6.13. The molecule has 1 N–H and O–H groups in total. The number of carbonyl (C=O) groups excluding carboxylic acids is 1. The van der Waals surface area contributed by atoms with E-state index in [0.29, 0.717) is 5.56 Å². The van der Waals surface area contributed by atoms with Crippen molar-refractivity contribution in [2.45, 2.75) is 12.6 Å². The molecule has 0 aliphatic rings. The van der Waals surface area contributed by atoms with E-state index in [9.17, 15) is 18.0 Å². The van der Waals surface area contributed by atoms with E-state index in [1.165, 1.54) is 18.3 Å². The Kier molecular flexibility index (Phi) is 4.47. The van der Waals surface area contributed by atoms with Gasteiger partial charge in [-0.25, -0.2) is 0 Å².